The molecule has 2 aromatic rings. The highest BCUT2D eigenvalue weighted by molar-refractivity contribution is 5.95. The molecule has 0 saturated heterocycles. The minimum atomic E-state index is -1.03. The van der Waals surface area contributed by atoms with Crippen LogP contribution in [0.25, 0.3) is 0 Å². The lowest BCUT2D eigenvalue weighted by Gasteiger charge is -2.46. The summed E-state index contributed by atoms with van der Waals surface area (Å²) in [6.07, 6.45) is 10.9. The average molecular weight is 611 g/mol. The van der Waals surface area contributed by atoms with Crippen LogP contribution in [-0.2, 0) is 36.3 Å². The Morgan fingerprint density at radius 3 is 1.98 bits per heavy atom. The van der Waals surface area contributed by atoms with E-state index in [2.05, 4.69) is 90.9 Å². The number of benzene rings is 2. The first kappa shape index (κ1) is 32.1. The van der Waals surface area contributed by atoms with Gasteiger partial charge in [0, 0.05) is 5.41 Å². The molecular weight excluding hydrogens is 556 g/mol. The van der Waals surface area contributed by atoms with Gasteiger partial charge in [0.1, 0.15) is 23.5 Å². The summed E-state index contributed by atoms with van der Waals surface area (Å²) in [7, 11) is 0. The van der Waals surface area contributed by atoms with E-state index in [0.29, 0.717) is 41.9 Å². The molecule has 0 bridgehead atoms. The predicted molar refractivity (Wildman–Crippen MR) is 180 cm³/mol. The van der Waals surface area contributed by atoms with E-state index in [1.54, 1.807) is 0 Å². The second kappa shape index (κ2) is 12.4. The van der Waals surface area contributed by atoms with Gasteiger partial charge in [-0.3, -0.25) is 9.59 Å². The Morgan fingerprint density at radius 1 is 0.778 bits per heavy atom. The Bertz CT molecular complexity index is 1420. The van der Waals surface area contributed by atoms with Gasteiger partial charge in [0.05, 0.1) is 0 Å². The van der Waals surface area contributed by atoms with Crippen molar-refractivity contribution in [2.24, 2.45) is 35.5 Å². The minimum absolute atomic E-state index is 0.0705. The van der Waals surface area contributed by atoms with Gasteiger partial charge in [0.15, 0.2) is 0 Å². The lowest BCUT2D eigenvalue weighted by Crippen LogP contribution is -2.53. The van der Waals surface area contributed by atoms with Crippen molar-refractivity contribution >= 4 is 11.9 Å². The summed E-state index contributed by atoms with van der Waals surface area (Å²) in [5.41, 5.74) is 2.51. The summed E-state index contributed by atoms with van der Waals surface area (Å²) >= 11 is 0. The van der Waals surface area contributed by atoms with Crippen molar-refractivity contribution in [2.45, 2.75) is 122 Å². The molecule has 45 heavy (non-hydrogen) atoms. The van der Waals surface area contributed by atoms with Gasteiger partial charge in [0.2, 0.25) is 0 Å². The van der Waals surface area contributed by atoms with Gasteiger partial charge in [-0.05, 0) is 89.9 Å². The number of hydrogen-bond donors (Lipinski definition) is 0. The van der Waals surface area contributed by atoms with Crippen molar-refractivity contribution in [2.75, 3.05) is 0 Å². The van der Waals surface area contributed by atoms with Gasteiger partial charge >= 0.3 is 11.9 Å². The van der Waals surface area contributed by atoms with E-state index in [1.165, 1.54) is 12.8 Å². The summed E-state index contributed by atoms with van der Waals surface area (Å²) in [4.78, 5) is 29.2. The summed E-state index contributed by atoms with van der Waals surface area (Å²) in [5, 5.41) is 0. The van der Waals surface area contributed by atoms with Gasteiger partial charge in [0.25, 0.3) is 0 Å². The molecule has 0 aliphatic heterocycles. The van der Waals surface area contributed by atoms with Crippen LogP contribution in [0.4, 0.5) is 0 Å². The summed E-state index contributed by atoms with van der Waals surface area (Å²) in [6.45, 7) is 15.8. The molecule has 0 aromatic heterocycles. The molecule has 0 spiro atoms. The van der Waals surface area contributed by atoms with E-state index >= 15 is 4.79 Å². The second-order valence-corrected chi connectivity index (χ2v) is 16.0. The van der Waals surface area contributed by atoms with Gasteiger partial charge in [-0.25, -0.2) is 0 Å². The van der Waals surface area contributed by atoms with Crippen molar-refractivity contribution in [1.29, 1.82) is 0 Å². The third-order valence-corrected chi connectivity index (χ3v) is 12.3. The molecule has 2 fully saturated rings. The molecule has 6 rings (SSSR count). The van der Waals surface area contributed by atoms with Crippen molar-refractivity contribution in [3.63, 3.8) is 0 Å². The summed E-state index contributed by atoms with van der Waals surface area (Å²) in [6, 6.07) is 16.7. The summed E-state index contributed by atoms with van der Waals surface area (Å²) < 4.78 is 13.2. The molecule has 4 nitrogen and oxygen atoms in total. The number of hydrogen-bond acceptors (Lipinski definition) is 4. The maximum Gasteiger partial charge on any atom is 0.321 e. The van der Waals surface area contributed by atoms with Crippen LogP contribution in [0.5, 0.6) is 0 Å². The molecule has 2 aromatic carbocycles. The van der Waals surface area contributed by atoms with Gasteiger partial charge in [-0.2, -0.15) is 0 Å². The molecule has 0 heterocycles. The quantitative estimate of drug-likeness (QED) is 0.232. The topological polar surface area (TPSA) is 52.6 Å². The van der Waals surface area contributed by atoms with E-state index in [0.717, 1.165) is 47.9 Å². The third kappa shape index (κ3) is 5.48. The first-order valence-electron chi connectivity index (χ1n) is 17.7. The van der Waals surface area contributed by atoms with Crippen LogP contribution in [0, 0.1) is 35.5 Å². The molecule has 0 unspecified atom stereocenters. The van der Waals surface area contributed by atoms with Crippen molar-refractivity contribution in [1.82, 2.24) is 0 Å². The van der Waals surface area contributed by atoms with Crippen LogP contribution in [0.1, 0.15) is 115 Å². The summed E-state index contributed by atoms with van der Waals surface area (Å²) in [5.74, 6) is 1.80. The SMILES string of the molecule is CC(C)[C@@H]1CC[C@@H](C)C[C@H]1OC(=O)[C@@H]1C=C[C@@]2(C(=O)O[C@@H]3C[C@H](C)CC[C@H]3C(C)C)c3c(cccc31)C[C@@]2(C)c1ccccc1. The highest BCUT2D eigenvalue weighted by Gasteiger charge is 2.63. The first-order valence-corrected chi connectivity index (χ1v) is 17.7. The fourth-order valence-corrected chi connectivity index (χ4v) is 9.61. The Hall–Kier alpha value is -2.88. The number of carbonyl (C=O) groups is 2. The van der Waals surface area contributed by atoms with Crippen LogP contribution in [-0.4, -0.2) is 24.1 Å². The number of carbonyl (C=O) groups excluding carboxylic acids is 2. The molecule has 9 atom stereocenters. The van der Waals surface area contributed by atoms with Crippen molar-refractivity contribution < 1.29 is 19.1 Å². The Morgan fingerprint density at radius 2 is 1.38 bits per heavy atom. The monoisotopic (exact) mass is 610 g/mol. The molecule has 4 aliphatic carbocycles. The zero-order valence-electron chi connectivity index (χ0n) is 28.6. The highest BCUT2D eigenvalue weighted by atomic mass is 16.5. The van der Waals surface area contributed by atoms with Crippen molar-refractivity contribution in [3.05, 3.63) is 82.9 Å². The van der Waals surface area contributed by atoms with E-state index in [-0.39, 0.29) is 24.1 Å². The number of rotatable bonds is 7. The molecule has 0 N–H and O–H groups in total. The first-order chi connectivity index (χ1) is 21.5. The Labute approximate surface area is 271 Å². The van der Waals surface area contributed by atoms with Crippen LogP contribution in [0.3, 0.4) is 0 Å². The van der Waals surface area contributed by atoms with Gasteiger partial charge in [-0.1, -0.05) is 122 Å². The highest BCUT2D eigenvalue weighted by Crippen LogP contribution is 2.59. The largest absolute Gasteiger partial charge is 0.461 e. The van der Waals surface area contributed by atoms with Crippen molar-refractivity contribution in [3.8, 4) is 0 Å². The maximum absolute atomic E-state index is 15.0. The predicted octanol–water partition coefficient (Wildman–Crippen LogP) is 9.10. The molecule has 2 saturated carbocycles. The molecule has 4 heteroatoms. The molecule has 0 radical (unpaired) electrons. The second-order valence-electron chi connectivity index (χ2n) is 16.0. The molecule has 4 aliphatic rings. The fraction of sp³-hybridized carbons (Fsp3) is 0.610. The zero-order valence-corrected chi connectivity index (χ0v) is 28.6. The van der Waals surface area contributed by atoms with E-state index in [1.807, 2.05) is 18.2 Å². The van der Waals surface area contributed by atoms with Gasteiger partial charge < -0.3 is 9.47 Å². The van der Waals surface area contributed by atoms with Gasteiger partial charge in [-0.15, -0.1) is 0 Å². The minimum Gasteiger partial charge on any atom is -0.461 e. The Balaban J connectivity index is 1.41. The van der Waals surface area contributed by atoms with Crippen LogP contribution >= 0.6 is 0 Å². The van der Waals surface area contributed by atoms with Crippen LogP contribution in [0.2, 0.25) is 0 Å². The standard InChI is InChI=1S/C41H54O4/c1-25(2)31-18-16-27(5)22-35(31)44-38(42)34-20-21-41(39(43)45-36-23-28(6)17-19-32(36)26(3)4)37-29(12-11-15-33(34)37)24-40(41,7)30-13-9-8-10-14-30/h8-15,20-21,25-28,31-32,34-36H,16-19,22-24H2,1-7H3/t27-,28-,31+,32+,34-,35-,36-,40+,41+/m1/s1. The third-order valence-electron chi connectivity index (χ3n) is 12.3. The van der Waals surface area contributed by atoms with Crippen LogP contribution < -0.4 is 0 Å². The lowest BCUT2D eigenvalue weighted by atomic mass is 9.58. The van der Waals surface area contributed by atoms with Crippen LogP contribution in [0.15, 0.2) is 60.7 Å². The molecule has 0 amide bonds. The smallest absolute Gasteiger partial charge is 0.321 e. The van der Waals surface area contributed by atoms with E-state index < -0.39 is 16.7 Å². The van der Waals surface area contributed by atoms with E-state index in [9.17, 15) is 4.79 Å². The lowest BCUT2D eigenvalue weighted by molar-refractivity contribution is -0.164. The Kier molecular flexibility index (Phi) is 8.82. The normalized spacial score (nSPS) is 35.7. The van der Waals surface area contributed by atoms with E-state index in [4.69, 9.17) is 9.47 Å². The fourth-order valence-electron chi connectivity index (χ4n) is 9.61. The number of esters is 2. The molecular formula is C41H54O4. The maximum atomic E-state index is 15.0. The zero-order chi connectivity index (χ0) is 32.1. The number of ether oxygens (including phenoxy) is 2. The average Bonchev–Trinajstić information content (AvgIpc) is 3.28. The molecule has 242 valence electrons.